The topological polar surface area (TPSA) is 55.1 Å². The predicted octanol–water partition coefficient (Wildman–Crippen LogP) is 1.17. The second kappa shape index (κ2) is 3.54. The van der Waals surface area contributed by atoms with Crippen LogP contribution in [0.2, 0.25) is 0 Å². The molecule has 0 radical (unpaired) electrons. The molecule has 3 nitrogen and oxygen atoms in total. The molecule has 1 amide bonds. The molecular formula is C11H20N2O. The fraction of sp³-hybridized carbons (Fsp3) is 0.909. The molecule has 3 heteroatoms. The molecule has 0 bridgehead atoms. The van der Waals surface area contributed by atoms with Crippen molar-refractivity contribution in [3.63, 3.8) is 0 Å². The quantitative estimate of drug-likeness (QED) is 0.712. The molecular weight excluding hydrogens is 176 g/mol. The van der Waals surface area contributed by atoms with Gasteiger partial charge in [-0.2, -0.15) is 0 Å². The van der Waals surface area contributed by atoms with Crippen LogP contribution >= 0.6 is 0 Å². The highest BCUT2D eigenvalue weighted by Gasteiger charge is 2.42. The molecule has 0 heterocycles. The molecule has 0 aromatic rings. The van der Waals surface area contributed by atoms with Crippen molar-refractivity contribution in [2.24, 2.45) is 11.7 Å². The minimum absolute atomic E-state index is 0.0935. The Morgan fingerprint density at radius 1 is 1.50 bits per heavy atom. The van der Waals surface area contributed by atoms with Crippen LogP contribution in [0.4, 0.5) is 0 Å². The third-order valence-corrected chi connectivity index (χ3v) is 3.71. The number of rotatable bonds is 3. The van der Waals surface area contributed by atoms with Crippen LogP contribution in [0.3, 0.4) is 0 Å². The van der Waals surface area contributed by atoms with E-state index < -0.39 is 5.54 Å². The summed E-state index contributed by atoms with van der Waals surface area (Å²) in [5, 5.41) is 3.07. The Labute approximate surface area is 85.4 Å². The van der Waals surface area contributed by atoms with Crippen molar-refractivity contribution in [3.05, 3.63) is 0 Å². The lowest BCUT2D eigenvalue weighted by molar-refractivity contribution is -0.126. The molecule has 2 fully saturated rings. The first-order valence-electron chi connectivity index (χ1n) is 5.75. The fourth-order valence-electron chi connectivity index (χ4n) is 2.42. The zero-order valence-electron chi connectivity index (χ0n) is 8.88. The maximum atomic E-state index is 11.8. The predicted molar refractivity (Wildman–Crippen MR) is 55.7 cm³/mol. The van der Waals surface area contributed by atoms with E-state index in [-0.39, 0.29) is 5.91 Å². The minimum Gasteiger partial charge on any atom is -0.351 e. The van der Waals surface area contributed by atoms with Crippen molar-refractivity contribution in [2.75, 3.05) is 0 Å². The van der Waals surface area contributed by atoms with Gasteiger partial charge in [0.2, 0.25) is 5.91 Å². The Kier molecular flexibility index (Phi) is 2.52. The molecule has 0 saturated heterocycles. The maximum Gasteiger partial charge on any atom is 0.240 e. The summed E-state index contributed by atoms with van der Waals surface area (Å²) >= 11 is 0. The first-order chi connectivity index (χ1) is 6.65. The lowest BCUT2D eigenvalue weighted by Gasteiger charge is -2.22. The van der Waals surface area contributed by atoms with E-state index in [0.29, 0.717) is 12.0 Å². The molecule has 3 N–H and O–H groups in total. The summed E-state index contributed by atoms with van der Waals surface area (Å²) in [6, 6.07) is 0.425. The fourth-order valence-corrected chi connectivity index (χ4v) is 2.42. The van der Waals surface area contributed by atoms with E-state index in [4.69, 9.17) is 5.73 Å². The molecule has 0 spiro atoms. The molecule has 2 unspecified atom stereocenters. The van der Waals surface area contributed by atoms with Gasteiger partial charge >= 0.3 is 0 Å². The maximum absolute atomic E-state index is 11.8. The second-order valence-electron chi connectivity index (χ2n) is 4.85. The van der Waals surface area contributed by atoms with E-state index in [0.717, 1.165) is 32.1 Å². The summed E-state index contributed by atoms with van der Waals surface area (Å²) in [5.41, 5.74) is 5.51. The van der Waals surface area contributed by atoms with E-state index in [1.54, 1.807) is 0 Å². The number of carbonyl (C=O) groups excluding carboxylic acids is 1. The van der Waals surface area contributed by atoms with Gasteiger partial charge in [0, 0.05) is 6.04 Å². The summed E-state index contributed by atoms with van der Waals surface area (Å²) in [4.78, 5) is 11.8. The summed E-state index contributed by atoms with van der Waals surface area (Å²) in [7, 11) is 0. The van der Waals surface area contributed by atoms with Crippen LogP contribution < -0.4 is 11.1 Å². The Balaban J connectivity index is 1.83. The second-order valence-corrected chi connectivity index (χ2v) is 4.85. The van der Waals surface area contributed by atoms with Gasteiger partial charge in [0.15, 0.2) is 0 Å². The average Bonchev–Trinajstić information content (AvgIpc) is 2.77. The zero-order valence-corrected chi connectivity index (χ0v) is 8.88. The van der Waals surface area contributed by atoms with Crippen LogP contribution in [0.25, 0.3) is 0 Å². The zero-order chi connectivity index (χ0) is 10.2. The molecule has 2 rings (SSSR count). The van der Waals surface area contributed by atoms with E-state index in [1.807, 2.05) is 0 Å². The van der Waals surface area contributed by atoms with E-state index in [9.17, 15) is 4.79 Å². The Morgan fingerprint density at radius 2 is 2.14 bits per heavy atom. The summed E-state index contributed by atoms with van der Waals surface area (Å²) in [6.07, 6.45) is 6.25. The molecule has 0 aromatic carbocycles. The average molecular weight is 196 g/mol. The normalized spacial score (nSPS) is 34.1. The van der Waals surface area contributed by atoms with Crippen molar-refractivity contribution >= 4 is 5.91 Å². The van der Waals surface area contributed by atoms with Gasteiger partial charge in [-0.3, -0.25) is 4.79 Å². The molecule has 0 aliphatic heterocycles. The van der Waals surface area contributed by atoms with Gasteiger partial charge in [-0.05, 0) is 25.2 Å². The number of nitrogens with two attached hydrogens (primary N) is 1. The van der Waals surface area contributed by atoms with Crippen molar-refractivity contribution in [2.45, 2.75) is 57.0 Å². The lowest BCUT2D eigenvalue weighted by Crippen LogP contribution is -2.52. The Morgan fingerprint density at radius 3 is 2.64 bits per heavy atom. The lowest BCUT2D eigenvalue weighted by atomic mass is 9.98. The number of nitrogens with one attached hydrogen (secondary N) is 1. The number of amides is 1. The highest BCUT2D eigenvalue weighted by atomic mass is 16.2. The van der Waals surface area contributed by atoms with Gasteiger partial charge in [0.1, 0.15) is 0 Å². The van der Waals surface area contributed by atoms with Gasteiger partial charge in [-0.15, -0.1) is 0 Å². The largest absolute Gasteiger partial charge is 0.351 e. The Bertz CT molecular complexity index is 233. The van der Waals surface area contributed by atoms with Gasteiger partial charge in [-0.1, -0.05) is 26.2 Å². The smallest absolute Gasteiger partial charge is 0.240 e. The van der Waals surface area contributed by atoms with Crippen LogP contribution in [0.5, 0.6) is 0 Å². The highest BCUT2D eigenvalue weighted by Crippen LogP contribution is 2.35. The molecule has 14 heavy (non-hydrogen) atoms. The van der Waals surface area contributed by atoms with Crippen molar-refractivity contribution in [1.29, 1.82) is 0 Å². The molecule has 2 saturated carbocycles. The van der Waals surface area contributed by atoms with Crippen LogP contribution in [0.1, 0.15) is 45.4 Å². The summed E-state index contributed by atoms with van der Waals surface area (Å²) in [6.45, 7) is 2.17. The number of hydrogen-bond donors (Lipinski definition) is 2. The van der Waals surface area contributed by atoms with Crippen LogP contribution in [-0.2, 0) is 4.79 Å². The first-order valence-corrected chi connectivity index (χ1v) is 5.75. The monoisotopic (exact) mass is 196 g/mol. The minimum atomic E-state index is -0.541. The third kappa shape index (κ3) is 1.78. The molecule has 0 aromatic heterocycles. The van der Waals surface area contributed by atoms with Gasteiger partial charge < -0.3 is 11.1 Å². The summed E-state index contributed by atoms with van der Waals surface area (Å²) in [5.74, 6) is 0.805. The van der Waals surface area contributed by atoms with Gasteiger partial charge in [0.05, 0.1) is 5.54 Å². The van der Waals surface area contributed by atoms with E-state index >= 15 is 0 Å². The number of carbonyl (C=O) groups is 1. The van der Waals surface area contributed by atoms with Gasteiger partial charge in [0.25, 0.3) is 0 Å². The van der Waals surface area contributed by atoms with Crippen molar-refractivity contribution in [1.82, 2.24) is 5.32 Å². The summed E-state index contributed by atoms with van der Waals surface area (Å²) < 4.78 is 0. The molecule has 80 valence electrons. The highest BCUT2D eigenvalue weighted by molar-refractivity contribution is 5.86. The van der Waals surface area contributed by atoms with Crippen LogP contribution in [0, 0.1) is 5.92 Å². The van der Waals surface area contributed by atoms with E-state index in [2.05, 4.69) is 12.2 Å². The van der Waals surface area contributed by atoms with Crippen molar-refractivity contribution in [3.8, 4) is 0 Å². The number of hydrogen-bond acceptors (Lipinski definition) is 2. The van der Waals surface area contributed by atoms with Gasteiger partial charge in [-0.25, -0.2) is 0 Å². The SMILES string of the molecule is CCC1CC1NC(=O)C1(N)CCCC1. The molecule has 2 aliphatic carbocycles. The third-order valence-electron chi connectivity index (χ3n) is 3.71. The Hall–Kier alpha value is -0.570. The molecule has 2 atom stereocenters. The van der Waals surface area contributed by atoms with Crippen LogP contribution in [0.15, 0.2) is 0 Å². The molecule has 2 aliphatic rings. The van der Waals surface area contributed by atoms with E-state index in [1.165, 1.54) is 6.42 Å². The van der Waals surface area contributed by atoms with Crippen LogP contribution in [-0.4, -0.2) is 17.5 Å². The first kappa shape index (κ1) is 9.97. The van der Waals surface area contributed by atoms with Crippen molar-refractivity contribution < 1.29 is 4.79 Å². The standard InChI is InChI=1S/C11H20N2O/c1-2-8-7-9(8)13-10(14)11(12)5-3-4-6-11/h8-9H,2-7,12H2,1H3,(H,13,14).